The molecule has 0 radical (unpaired) electrons. The van der Waals surface area contributed by atoms with Gasteiger partial charge in [0, 0.05) is 35.8 Å². The van der Waals surface area contributed by atoms with Gasteiger partial charge >= 0.3 is 0 Å². The second-order valence-corrected chi connectivity index (χ2v) is 7.12. The predicted molar refractivity (Wildman–Crippen MR) is 112 cm³/mol. The van der Waals surface area contributed by atoms with Gasteiger partial charge in [-0.1, -0.05) is 17.3 Å². The third-order valence-corrected chi connectivity index (χ3v) is 5.19. The Bertz CT molecular complexity index is 1270. The van der Waals surface area contributed by atoms with Gasteiger partial charge in [-0.25, -0.2) is 4.68 Å². The number of aromatic amines is 1. The minimum Gasteiger partial charge on any atom is -0.378 e. The molecule has 2 aromatic heterocycles. The smallest absolute Gasteiger partial charge is 0.254 e. The van der Waals surface area contributed by atoms with E-state index in [-0.39, 0.29) is 11.5 Å². The molecule has 0 unspecified atom stereocenters. The molecule has 4 aromatic rings. The summed E-state index contributed by atoms with van der Waals surface area (Å²) in [4.78, 5) is 28.8. The van der Waals surface area contributed by atoms with Gasteiger partial charge in [0.1, 0.15) is 5.69 Å². The van der Waals surface area contributed by atoms with Crippen molar-refractivity contribution in [3.05, 3.63) is 76.7 Å². The number of rotatable bonds is 3. The van der Waals surface area contributed by atoms with Crippen molar-refractivity contribution >= 4 is 16.8 Å². The summed E-state index contributed by atoms with van der Waals surface area (Å²) in [5, 5.41) is 9.41. The molecule has 0 bridgehead atoms. The lowest BCUT2D eigenvalue weighted by molar-refractivity contribution is 0.0303. The first-order chi connectivity index (χ1) is 14.7. The number of amides is 1. The van der Waals surface area contributed by atoms with E-state index in [0.29, 0.717) is 37.6 Å². The van der Waals surface area contributed by atoms with Gasteiger partial charge in [0.15, 0.2) is 0 Å². The number of pyridine rings is 1. The number of nitrogens with one attached hydrogen (secondary N) is 1. The Labute approximate surface area is 171 Å². The molecule has 150 valence electrons. The van der Waals surface area contributed by atoms with Gasteiger partial charge in [0.2, 0.25) is 5.56 Å². The van der Waals surface area contributed by atoms with Crippen molar-refractivity contribution in [2.75, 3.05) is 26.3 Å². The van der Waals surface area contributed by atoms with Crippen molar-refractivity contribution in [2.24, 2.45) is 0 Å². The molecule has 0 spiro atoms. The molecule has 5 rings (SSSR count). The summed E-state index contributed by atoms with van der Waals surface area (Å²) >= 11 is 0. The molecule has 1 aliphatic heterocycles. The fourth-order valence-corrected chi connectivity index (χ4v) is 3.54. The summed E-state index contributed by atoms with van der Waals surface area (Å²) in [6.45, 7) is 2.39. The SMILES string of the molecule is O=C(c1ccc(-n2cc(-c3ccc4ccc(=O)[nH]c4c3)nn2)cc1)N1CCOCC1. The van der Waals surface area contributed by atoms with Crippen molar-refractivity contribution in [3.63, 3.8) is 0 Å². The monoisotopic (exact) mass is 401 g/mol. The van der Waals surface area contributed by atoms with Crippen LogP contribution in [0, 0.1) is 0 Å². The molecule has 1 saturated heterocycles. The first kappa shape index (κ1) is 18.3. The summed E-state index contributed by atoms with van der Waals surface area (Å²) in [5.74, 6) is 0.00860. The Morgan fingerprint density at radius 2 is 1.77 bits per heavy atom. The minimum atomic E-state index is -0.143. The molecule has 1 amide bonds. The highest BCUT2D eigenvalue weighted by Gasteiger charge is 2.18. The van der Waals surface area contributed by atoms with E-state index in [1.54, 1.807) is 27.8 Å². The largest absolute Gasteiger partial charge is 0.378 e. The van der Waals surface area contributed by atoms with Crippen molar-refractivity contribution in [3.8, 4) is 16.9 Å². The van der Waals surface area contributed by atoms with Gasteiger partial charge < -0.3 is 14.6 Å². The van der Waals surface area contributed by atoms with Crippen LogP contribution in [0.3, 0.4) is 0 Å². The lowest BCUT2D eigenvalue weighted by Gasteiger charge is -2.26. The molecule has 0 atom stereocenters. The molecule has 0 saturated carbocycles. The number of fused-ring (bicyclic) bond motifs is 1. The Kier molecular flexibility index (Phi) is 4.61. The standard InChI is InChI=1S/C22H19N5O3/c28-21-8-5-15-1-2-17(13-19(15)23-21)20-14-27(25-24-20)18-6-3-16(4-7-18)22(29)26-9-11-30-12-10-26/h1-8,13-14H,9-12H2,(H,23,28). The highest BCUT2D eigenvalue weighted by molar-refractivity contribution is 5.94. The van der Waals surface area contributed by atoms with Crippen molar-refractivity contribution in [1.29, 1.82) is 0 Å². The average molecular weight is 401 g/mol. The fourth-order valence-electron chi connectivity index (χ4n) is 3.54. The Hall–Kier alpha value is -3.78. The van der Waals surface area contributed by atoms with E-state index in [0.717, 1.165) is 22.2 Å². The summed E-state index contributed by atoms with van der Waals surface area (Å²) in [7, 11) is 0. The van der Waals surface area contributed by atoms with Gasteiger partial charge in [-0.3, -0.25) is 9.59 Å². The number of ether oxygens (including phenoxy) is 1. The second-order valence-electron chi connectivity index (χ2n) is 7.12. The van der Waals surface area contributed by atoms with E-state index in [1.807, 2.05) is 36.5 Å². The highest BCUT2D eigenvalue weighted by atomic mass is 16.5. The molecule has 1 fully saturated rings. The van der Waals surface area contributed by atoms with Crippen LogP contribution in [0.1, 0.15) is 10.4 Å². The molecule has 1 N–H and O–H groups in total. The number of aromatic nitrogens is 4. The number of nitrogens with zero attached hydrogens (tertiary/aromatic N) is 4. The molecule has 30 heavy (non-hydrogen) atoms. The van der Waals surface area contributed by atoms with Gasteiger partial charge in [-0.05, 0) is 41.8 Å². The zero-order chi connectivity index (χ0) is 20.5. The second kappa shape index (κ2) is 7.57. The van der Waals surface area contributed by atoms with Crippen LogP contribution in [-0.2, 0) is 4.74 Å². The number of benzene rings is 2. The van der Waals surface area contributed by atoms with Gasteiger partial charge in [-0.2, -0.15) is 0 Å². The van der Waals surface area contributed by atoms with Crippen molar-refractivity contribution < 1.29 is 9.53 Å². The van der Waals surface area contributed by atoms with Crippen molar-refractivity contribution in [2.45, 2.75) is 0 Å². The summed E-state index contributed by atoms with van der Waals surface area (Å²) in [6.07, 6.45) is 1.82. The minimum absolute atomic E-state index is 0.00860. The maximum Gasteiger partial charge on any atom is 0.254 e. The maximum absolute atomic E-state index is 12.6. The molecule has 3 heterocycles. The van der Waals surface area contributed by atoms with E-state index >= 15 is 0 Å². The molecule has 8 nitrogen and oxygen atoms in total. The van der Waals surface area contributed by atoms with Gasteiger partial charge in [0.05, 0.1) is 25.1 Å². The predicted octanol–water partition coefficient (Wildman–Crippen LogP) is 2.25. The van der Waals surface area contributed by atoms with Crippen LogP contribution < -0.4 is 5.56 Å². The fraction of sp³-hybridized carbons (Fsp3) is 0.182. The van der Waals surface area contributed by atoms with E-state index < -0.39 is 0 Å². The molecule has 8 heteroatoms. The van der Waals surface area contributed by atoms with E-state index in [1.165, 1.54) is 6.07 Å². The van der Waals surface area contributed by atoms with Crippen LogP contribution in [-0.4, -0.2) is 57.1 Å². The average Bonchev–Trinajstić information content (AvgIpc) is 3.29. The van der Waals surface area contributed by atoms with Crippen LogP contribution in [0.15, 0.2) is 65.6 Å². The lowest BCUT2D eigenvalue weighted by atomic mass is 10.1. The Balaban J connectivity index is 1.38. The number of carbonyl (C=O) groups is 1. The molecule has 1 aliphatic rings. The number of H-pyrrole nitrogens is 1. The van der Waals surface area contributed by atoms with Crippen LogP contribution in [0.2, 0.25) is 0 Å². The quantitative estimate of drug-likeness (QED) is 0.568. The zero-order valence-electron chi connectivity index (χ0n) is 16.1. The highest BCUT2D eigenvalue weighted by Crippen LogP contribution is 2.22. The molecule has 0 aliphatic carbocycles. The first-order valence-electron chi connectivity index (χ1n) is 9.71. The third kappa shape index (κ3) is 3.48. The number of hydrogen-bond donors (Lipinski definition) is 1. The number of morpholine rings is 1. The van der Waals surface area contributed by atoms with E-state index in [2.05, 4.69) is 15.3 Å². The molecular weight excluding hydrogens is 382 g/mol. The summed E-state index contributed by atoms with van der Waals surface area (Å²) in [5.41, 5.74) is 3.60. The maximum atomic E-state index is 12.6. The topological polar surface area (TPSA) is 93.1 Å². The van der Waals surface area contributed by atoms with Crippen molar-refractivity contribution in [1.82, 2.24) is 24.9 Å². The van der Waals surface area contributed by atoms with Crippen LogP contribution >= 0.6 is 0 Å². The summed E-state index contributed by atoms with van der Waals surface area (Å²) in [6, 6.07) is 16.4. The molecule has 2 aromatic carbocycles. The lowest BCUT2D eigenvalue weighted by Crippen LogP contribution is -2.40. The van der Waals surface area contributed by atoms with Crippen LogP contribution in [0.25, 0.3) is 27.8 Å². The van der Waals surface area contributed by atoms with E-state index in [9.17, 15) is 9.59 Å². The molecular formula is C22H19N5O3. The van der Waals surface area contributed by atoms with Crippen LogP contribution in [0.5, 0.6) is 0 Å². The first-order valence-corrected chi connectivity index (χ1v) is 9.71. The zero-order valence-corrected chi connectivity index (χ0v) is 16.1. The summed E-state index contributed by atoms with van der Waals surface area (Å²) < 4.78 is 6.96. The van der Waals surface area contributed by atoms with E-state index in [4.69, 9.17) is 4.74 Å². The van der Waals surface area contributed by atoms with Crippen LogP contribution in [0.4, 0.5) is 0 Å². The van der Waals surface area contributed by atoms with Gasteiger partial charge in [-0.15, -0.1) is 5.10 Å². The van der Waals surface area contributed by atoms with Gasteiger partial charge in [0.25, 0.3) is 5.91 Å². The normalized spacial score (nSPS) is 14.2. The Morgan fingerprint density at radius 1 is 1.00 bits per heavy atom. The third-order valence-electron chi connectivity index (χ3n) is 5.19. The number of carbonyl (C=O) groups excluding carboxylic acids is 1. The number of hydrogen-bond acceptors (Lipinski definition) is 5. The Morgan fingerprint density at radius 3 is 2.57 bits per heavy atom.